The van der Waals surface area contributed by atoms with Gasteiger partial charge in [-0.25, -0.2) is 25.9 Å². The topological polar surface area (TPSA) is 83.6 Å². The Balaban J connectivity index is 2.13. The van der Waals surface area contributed by atoms with Crippen LogP contribution in [-0.4, -0.2) is 40.8 Å². The molecule has 0 saturated carbocycles. The van der Waals surface area contributed by atoms with E-state index >= 15 is 0 Å². The van der Waals surface area contributed by atoms with Crippen LogP contribution in [0.3, 0.4) is 0 Å². The van der Waals surface area contributed by atoms with Gasteiger partial charge in [-0.15, -0.1) is 0 Å². The van der Waals surface area contributed by atoms with Gasteiger partial charge >= 0.3 is 0 Å². The van der Waals surface area contributed by atoms with Crippen molar-refractivity contribution >= 4 is 31.6 Å². The molecule has 1 atom stereocenters. The van der Waals surface area contributed by atoms with Crippen LogP contribution < -0.4 is 4.72 Å². The van der Waals surface area contributed by atoms with Gasteiger partial charge in [0.2, 0.25) is 20.0 Å². The Morgan fingerprint density at radius 1 is 1.38 bits per heavy atom. The lowest BCUT2D eigenvalue weighted by molar-refractivity contribution is 0.267. The van der Waals surface area contributed by atoms with Gasteiger partial charge < -0.3 is 0 Å². The second kappa shape index (κ2) is 7.49. The van der Waals surface area contributed by atoms with E-state index in [1.54, 1.807) is 0 Å². The van der Waals surface area contributed by atoms with E-state index in [9.17, 15) is 21.2 Å². The van der Waals surface area contributed by atoms with Crippen molar-refractivity contribution in [1.29, 1.82) is 0 Å². The number of benzene rings is 1. The summed E-state index contributed by atoms with van der Waals surface area (Å²) < 4.78 is 65.0. The second-order valence-corrected chi connectivity index (χ2v) is 9.56. The Bertz CT molecular complexity index is 827. The quantitative estimate of drug-likeness (QED) is 0.796. The summed E-state index contributed by atoms with van der Waals surface area (Å²) in [7, 11) is -7.36. The number of hydrogen-bond donors (Lipinski definition) is 1. The molecule has 0 spiro atoms. The third-order valence-corrected chi connectivity index (χ3v) is 6.96. The first-order valence-corrected chi connectivity index (χ1v) is 10.6. The maximum atomic E-state index is 13.2. The Labute approximate surface area is 146 Å². The molecule has 1 aromatic carbocycles. The third-order valence-electron chi connectivity index (χ3n) is 3.80. The highest BCUT2D eigenvalue weighted by Gasteiger charge is 2.31. The standard InChI is InChI=1S/C14H18ClFN2O4S2/c1-2-23(19,20)17-9-11-4-3-7-18(10-11)24(21,22)12-5-6-14(16)13(15)8-12/h2,5-6,8,11,17H,1,3-4,7,9-10H2/t11-/m1/s1. The van der Waals surface area contributed by atoms with E-state index < -0.39 is 25.9 Å². The lowest BCUT2D eigenvalue weighted by Gasteiger charge is -2.32. The first kappa shape index (κ1) is 19.3. The number of hydrogen-bond acceptors (Lipinski definition) is 4. The van der Waals surface area contributed by atoms with E-state index in [1.807, 2.05) is 0 Å². The first-order valence-electron chi connectivity index (χ1n) is 7.23. The largest absolute Gasteiger partial charge is 0.243 e. The average Bonchev–Trinajstić information content (AvgIpc) is 2.56. The summed E-state index contributed by atoms with van der Waals surface area (Å²) in [4.78, 5) is -0.0822. The Kier molecular flexibility index (Phi) is 6.03. The molecule has 1 N–H and O–H groups in total. The normalized spacial score (nSPS) is 20.0. The minimum atomic E-state index is -3.81. The molecule has 0 amide bonds. The molecule has 0 radical (unpaired) electrons. The zero-order valence-electron chi connectivity index (χ0n) is 12.8. The fourth-order valence-corrected chi connectivity index (χ4v) is 4.90. The van der Waals surface area contributed by atoms with Gasteiger partial charge in [-0.1, -0.05) is 18.2 Å². The van der Waals surface area contributed by atoms with Gasteiger partial charge in [0.25, 0.3) is 0 Å². The van der Waals surface area contributed by atoms with Crippen LogP contribution in [-0.2, 0) is 20.0 Å². The summed E-state index contributed by atoms with van der Waals surface area (Å²) in [5.74, 6) is -0.842. The van der Waals surface area contributed by atoms with Crippen molar-refractivity contribution in [2.45, 2.75) is 17.7 Å². The minimum absolute atomic E-state index is 0.0822. The fourth-order valence-electron chi connectivity index (χ4n) is 2.49. The highest BCUT2D eigenvalue weighted by atomic mass is 35.5. The zero-order chi connectivity index (χ0) is 18.0. The molecule has 10 heteroatoms. The molecule has 1 saturated heterocycles. The van der Waals surface area contributed by atoms with Crippen molar-refractivity contribution in [2.24, 2.45) is 5.92 Å². The Hall–Kier alpha value is -1.00. The van der Waals surface area contributed by atoms with Gasteiger partial charge in [0.1, 0.15) is 5.82 Å². The van der Waals surface area contributed by atoms with E-state index in [4.69, 9.17) is 11.6 Å². The van der Waals surface area contributed by atoms with E-state index in [1.165, 1.54) is 10.4 Å². The van der Waals surface area contributed by atoms with Crippen LogP contribution in [0.25, 0.3) is 0 Å². The SMILES string of the molecule is C=CS(=O)(=O)NC[C@H]1CCCN(S(=O)(=O)c2ccc(F)c(Cl)c2)C1. The summed E-state index contributed by atoms with van der Waals surface area (Å²) in [6.45, 7) is 3.83. The molecule has 1 fully saturated rings. The predicted octanol–water partition coefficient (Wildman–Crippen LogP) is 1.94. The lowest BCUT2D eigenvalue weighted by Crippen LogP contribution is -2.43. The molecule has 2 rings (SSSR count). The van der Waals surface area contributed by atoms with Crippen LogP contribution >= 0.6 is 11.6 Å². The Morgan fingerprint density at radius 2 is 2.08 bits per heavy atom. The van der Waals surface area contributed by atoms with Crippen LogP contribution in [0, 0.1) is 11.7 Å². The van der Waals surface area contributed by atoms with E-state index in [0.717, 1.165) is 17.5 Å². The van der Waals surface area contributed by atoms with Gasteiger partial charge in [0.05, 0.1) is 9.92 Å². The number of nitrogens with zero attached hydrogens (tertiary/aromatic N) is 1. The van der Waals surface area contributed by atoms with Crippen molar-refractivity contribution < 1.29 is 21.2 Å². The molecule has 0 aromatic heterocycles. The molecule has 1 aromatic rings. The summed E-state index contributed by atoms with van der Waals surface area (Å²) >= 11 is 5.66. The number of sulfonamides is 2. The molecule has 1 heterocycles. The number of halogens is 2. The monoisotopic (exact) mass is 396 g/mol. The van der Waals surface area contributed by atoms with E-state index in [0.29, 0.717) is 19.4 Å². The molecule has 6 nitrogen and oxygen atoms in total. The maximum Gasteiger partial charge on any atom is 0.243 e. The van der Waals surface area contributed by atoms with Crippen molar-refractivity contribution in [3.05, 3.63) is 41.0 Å². The Morgan fingerprint density at radius 3 is 2.71 bits per heavy atom. The molecule has 0 aliphatic carbocycles. The zero-order valence-corrected chi connectivity index (χ0v) is 15.2. The number of piperidine rings is 1. The van der Waals surface area contributed by atoms with E-state index in [2.05, 4.69) is 11.3 Å². The van der Waals surface area contributed by atoms with Crippen molar-refractivity contribution in [1.82, 2.24) is 9.03 Å². The fraction of sp³-hybridized carbons (Fsp3) is 0.429. The van der Waals surface area contributed by atoms with Crippen LogP contribution in [0.4, 0.5) is 4.39 Å². The van der Waals surface area contributed by atoms with Crippen LogP contribution in [0.5, 0.6) is 0 Å². The predicted molar refractivity (Wildman–Crippen MR) is 90.0 cm³/mol. The molecular formula is C14H18ClFN2O4S2. The molecule has 0 bridgehead atoms. The lowest BCUT2D eigenvalue weighted by atomic mass is 10.0. The van der Waals surface area contributed by atoms with Gasteiger partial charge in [0, 0.05) is 25.0 Å². The number of rotatable bonds is 6. The first-order chi connectivity index (χ1) is 11.2. The van der Waals surface area contributed by atoms with Gasteiger partial charge in [0.15, 0.2) is 0 Å². The molecule has 1 aliphatic heterocycles. The van der Waals surface area contributed by atoms with Crippen LogP contribution in [0.2, 0.25) is 5.02 Å². The molecular weight excluding hydrogens is 379 g/mol. The van der Waals surface area contributed by atoms with Crippen LogP contribution in [0.15, 0.2) is 35.1 Å². The van der Waals surface area contributed by atoms with Crippen molar-refractivity contribution in [3.63, 3.8) is 0 Å². The van der Waals surface area contributed by atoms with E-state index in [-0.39, 0.29) is 28.9 Å². The molecule has 1 aliphatic rings. The van der Waals surface area contributed by atoms with Gasteiger partial charge in [-0.3, -0.25) is 0 Å². The molecule has 134 valence electrons. The highest BCUT2D eigenvalue weighted by Crippen LogP contribution is 2.26. The second-order valence-electron chi connectivity index (χ2n) is 5.51. The number of nitrogens with one attached hydrogen (secondary N) is 1. The summed E-state index contributed by atoms with van der Waals surface area (Å²) in [5, 5.41) is 0.550. The third kappa shape index (κ3) is 4.54. The maximum absolute atomic E-state index is 13.2. The molecule has 0 unspecified atom stereocenters. The summed E-state index contributed by atoms with van der Waals surface area (Å²) in [6.07, 6.45) is 1.31. The van der Waals surface area contributed by atoms with Crippen molar-refractivity contribution in [3.8, 4) is 0 Å². The average molecular weight is 397 g/mol. The smallest absolute Gasteiger partial charge is 0.211 e. The summed E-state index contributed by atoms with van der Waals surface area (Å²) in [5.41, 5.74) is 0. The minimum Gasteiger partial charge on any atom is -0.211 e. The van der Waals surface area contributed by atoms with Gasteiger partial charge in [-0.2, -0.15) is 4.31 Å². The highest BCUT2D eigenvalue weighted by molar-refractivity contribution is 7.92. The van der Waals surface area contributed by atoms with Crippen LogP contribution in [0.1, 0.15) is 12.8 Å². The molecule has 24 heavy (non-hydrogen) atoms. The summed E-state index contributed by atoms with van der Waals surface area (Å²) in [6, 6.07) is 3.26. The van der Waals surface area contributed by atoms with Gasteiger partial charge in [-0.05, 0) is 37.0 Å². The van der Waals surface area contributed by atoms with Crippen molar-refractivity contribution in [2.75, 3.05) is 19.6 Å².